The van der Waals surface area contributed by atoms with Crippen molar-refractivity contribution in [3.05, 3.63) is 28.8 Å². The van der Waals surface area contributed by atoms with Gasteiger partial charge in [0.25, 0.3) is 0 Å². The third-order valence-electron chi connectivity index (χ3n) is 1.62. The number of alkyl halides is 1. The SMILES string of the molecule is FCCCNc1c(F)cc(F)cc1Cl. The van der Waals surface area contributed by atoms with Crippen LogP contribution in [0.15, 0.2) is 12.1 Å². The van der Waals surface area contributed by atoms with Gasteiger partial charge in [-0.3, -0.25) is 4.39 Å². The van der Waals surface area contributed by atoms with Crippen molar-refractivity contribution >= 4 is 17.3 Å². The van der Waals surface area contributed by atoms with E-state index < -0.39 is 18.3 Å². The lowest BCUT2D eigenvalue weighted by Gasteiger charge is -2.08. The molecule has 0 unspecified atom stereocenters. The number of halogens is 4. The summed E-state index contributed by atoms with van der Waals surface area (Å²) >= 11 is 5.58. The number of nitrogens with one attached hydrogen (secondary N) is 1. The first-order valence-corrected chi connectivity index (χ1v) is 4.47. The summed E-state index contributed by atoms with van der Waals surface area (Å²) in [6.07, 6.45) is 0.257. The predicted octanol–water partition coefficient (Wildman–Crippen LogP) is 3.39. The second-order valence-electron chi connectivity index (χ2n) is 2.71. The second kappa shape index (κ2) is 5.10. The fraction of sp³-hybridized carbons (Fsp3) is 0.333. The minimum atomic E-state index is -0.770. The molecule has 0 aromatic heterocycles. The molecule has 0 amide bonds. The van der Waals surface area contributed by atoms with Crippen molar-refractivity contribution in [3.63, 3.8) is 0 Å². The molecule has 0 saturated heterocycles. The van der Waals surface area contributed by atoms with E-state index in [0.717, 1.165) is 12.1 Å². The molecule has 14 heavy (non-hydrogen) atoms. The molecule has 0 aliphatic heterocycles. The van der Waals surface area contributed by atoms with Gasteiger partial charge in [-0.15, -0.1) is 0 Å². The molecule has 0 spiro atoms. The Morgan fingerprint density at radius 2 is 2.00 bits per heavy atom. The molecule has 1 aromatic carbocycles. The topological polar surface area (TPSA) is 12.0 Å². The van der Waals surface area contributed by atoms with Crippen LogP contribution in [-0.2, 0) is 0 Å². The van der Waals surface area contributed by atoms with Crippen LogP contribution in [0.5, 0.6) is 0 Å². The highest BCUT2D eigenvalue weighted by Gasteiger charge is 2.08. The van der Waals surface area contributed by atoms with Gasteiger partial charge in [-0.25, -0.2) is 8.78 Å². The van der Waals surface area contributed by atoms with E-state index in [9.17, 15) is 13.2 Å². The van der Waals surface area contributed by atoms with Gasteiger partial charge < -0.3 is 5.32 Å². The Morgan fingerprint density at radius 1 is 1.29 bits per heavy atom. The Kier molecular flexibility index (Phi) is 4.07. The van der Waals surface area contributed by atoms with E-state index in [4.69, 9.17) is 11.6 Å². The molecule has 0 heterocycles. The largest absolute Gasteiger partial charge is 0.381 e. The first-order chi connectivity index (χ1) is 6.65. The maximum atomic E-state index is 13.1. The highest BCUT2D eigenvalue weighted by atomic mass is 35.5. The van der Waals surface area contributed by atoms with Gasteiger partial charge >= 0.3 is 0 Å². The van der Waals surface area contributed by atoms with E-state index in [1.807, 2.05) is 0 Å². The van der Waals surface area contributed by atoms with E-state index in [-0.39, 0.29) is 23.7 Å². The van der Waals surface area contributed by atoms with Crippen molar-refractivity contribution < 1.29 is 13.2 Å². The summed E-state index contributed by atoms with van der Waals surface area (Å²) < 4.78 is 37.4. The molecule has 0 radical (unpaired) electrons. The summed E-state index contributed by atoms with van der Waals surface area (Å²) in [5, 5.41) is 2.56. The summed E-state index contributed by atoms with van der Waals surface area (Å²) in [6, 6.07) is 1.73. The molecule has 1 nitrogen and oxygen atoms in total. The zero-order valence-electron chi connectivity index (χ0n) is 7.29. The van der Waals surface area contributed by atoms with Gasteiger partial charge in [0.15, 0.2) is 5.82 Å². The Morgan fingerprint density at radius 3 is 2.57 bits per heavy atom. The molecule has 1 rings (SSSR count). The van der Waals surface area contributed by atoms with Crippen LogP contribution in [-0.4, -0.2) is 13.2 Å². The maximum absolute atomic E-state index is 13.1. The van der Waals surface area contributed by atoms with Gasteiger partial charge in [0.05, 0.1) is 17.4 Å². The van der Waals surface area contributed by atoms with Crippen LogP contribution >= 0.6 is 11.6 Å². The van der Waals surface area contributed by atoms with Crippen LogP contribution in [0.4, 0.5) is 18.9 Å². The first kappa shape index (κ1) is 11.2. The van der Waals surface area contributed by atoms with E-state index in [2.05, 4.69) is 5.32 Å². The maximum Gasteiger partial charge on any atom is 0.150 e. The fourth-order valence-electron chi connectivity index (χ4n) is 0.991. The highest BCUT2D eigenvalue weighted by Crippen LogP contribution is 2.26. The van der Waals surface area contributed by atoms with Crippen LogP contribution in [0.2, 0.25) is 5.02 Å². The zero-order chi connectivity index (χ0) is 10.6. The van der Waals surface area contributed by atoms with Crippen LogP contribution in [0, 0.1) is 11.6 Å². The minimum Gasteiger partial charge on any atom is -0.381 e. The van der Waals surface area contributed by atoms with Crippen molar-refractivity contribution in [2.24, 2.45) is 0 Å². The molecule has 0 atom stereocenters. The molecule has 0 fully saturated rings. The van der Waals surface area contributed by atoms with Crippen molar-refractivity contribution in [3.8, 4) is 0 Å². The molecular weight excluding hydrogens is 215 g/mol. The molecule has 0 saturated carbocycles. The third kappa shape index (κ3) is 2.80. The number of benzene rings is 1. The van der Waals surface area contributed by atoms with E-state index in [1.165, 1.54) is 0 Å². The number of anilines is 1. The molecule has 78 valence electrons. The summed E-state index contributed by atoms with van der Waals surface area (Å²) in [6.45, 7) is -0.230. The number of rotatable bonds is 4. The van der Waals surface area contributed by atoms with Gasteiger partial charge in [-0.05, 0) is 12.5 Å². The van der Waals surface area contributed by atoms with Crippen LogP contribution in [0.1, 0.15) is 6.42 Å². The summed E-state index contributed by atoms with van der Waals surface area (Å²) in [4.78, 5) is 0. The first-order valence-electron chi connectivity index (χ1n) is 4.09. The number of hydrogen-bond donors (Lipinski definition) is 1. The second-order valence-corrected chi connectivity index (χ2v) is 3.12. The Balaban J connectivity index is 2.75. The van der Waals surface area contributed by atoms with Gasteiger partial charge in [-0.1, -0.05) is 11.6 Å². The quantitative estimate of drug-likeness (QED) is 0.772. The third-order valence-corrected chi connectivity index (χ3v) is 1.92. The molecule has 5 heteroatoms. The van der Waals surface area contributed by atoms with Crippen molar-refractivity contribution in [2.75, 3.05) is 18.5 Å². The Bertz CT molecular complexity index is 294. The summed E-state index contributed by atoms with van der Waals surface area (Å²) in [5.74, 6) is -1.50. The smallest absolute Gasteiger partial charge is 0.150 e. The zero-order valence-corrected chi connectivity index (χ0v) is 8.04. The van der Waals surface area contributed by atoms with Crippen molar-refractivity contribution in [2.45, 2.75) is 6.42 Å². The standard InChI is InChI=1S/C9H9ClF3N/c10-7-4-6(12)5-8(13)9(7)14-3-1-2-11/h4-5,14H,1-3H2. The van der Waals surface area contributed by atoms with Gasteiger partial charge in [0.2, 0.25) is 0 Å². The fourth-order valence-corrected chi connectivity index (χ4v) is 1.25. The minimum absolute atomic E-state index is 0.0153. The average molecular weight is 224 g/mol. The monoisotopic (exact) mass is 223 g/mol. The van der Waals surface area contributed by atoms with Crippen LogP contribution in [0.25, 0.3) is 0 Å². The average Bonchev–Trinajstić information content (AvgIpc) is 2.09. The summed E-state index contributed by atoms with van der Waals surface area (Å²) in [5.41, 5.74) is 0.0153. The molecule has 0 aliphatic carbocycles. The summed E-state index contributed by atoms with van der Waals surface area (Å²) in [7, 11) is 0. The molecular formula is C9H9ClF3N. The van der Waals surface area contributed by atoms with E-state index in [0.29, 0.717) is 0 Å². The van der Waals surface area contributed by atoms with Crippen molar-refractivity contribution in [1.29, 1.82) is 0 Å². The van der Waals surface area contributed by atoms with Gasteiger partial charge in [0, 0.05) is 12.6 Å². The lowest BCUT2D eigenvalue weighted by Crippen LogP contribution is -2.05. The molecule has 1 N–H and O–H groups in total. The van der Waals surface area contributed by atoms with Gasteiger partial charge in [0.1, 0.15) is 5.82 Å². The highest BCUT2D eigenvalue weighted by molar-refractivity contribution is 6.33. The molecule has 0 bridgehead atoms. The van der Waals surface area contributed by atoms with E-state index >= 15 is 0 Å². The normalized spacial score (nSPS) is 10.3. The number of hydrogen-bond acceptors (Lipinski definition) is 1. The lowest BCUT2D eigenvalue weighted by atomic mass is 10.3. The Labute approximate surface area is 84.9 Å². The molecule has 0 aliphatic rings. The molecule has 1 aromatic rings. The Hall–Kier alpha value is -0.900. The van der Waals surface area contributed by atoms with Crippen molar-refractivity contribution in [1.82, 2.24) is 0 Å². The van der Waals surface area contributed by atoms with E-state index in [1.54, 1.807) is 0 Å². The predicted molar refractivity (Wildman–Crippen MR) is 50.4 cm³/mol. The lowest BCUT2D eigenvalue weighted by molar-refractivity contribution is 0.480. The van der Waals surface area contributed by atoms with Gasteiger partial charge in [-0.2, -0.15) is 0 Å². The van der Waals surface area contributed by atoms with Crippen LogP contribution < -0.4 is 5.32 Å². The van der Waals surface area contributed by atoms with Crippen LogP contribution in [0.3, 0.4) is 0 Å².